The minimum atomic E-state index is -2.45. The van der Waals surface area contributed by atoms with Crippen molar-refractivity contribution in [2.75, 3.05) is 19.9 Å². The van der Waals surface area contributed by atoms with Crippen molar-refractivity contribution in [2.24, 2.45) is 0 Å². The molecule has 0 radical (unpaired) electrons. The van der Waals surface area contributed by atoms with Crippen molar-refractivity contribution in [3.8, 4) is 5.75 Å². The van der Waals surface area contributed by atoms with Crippen LogP contribution in [0.1, 0.15) is 25.0 Å². The highest BCUT2D eigenvalue weighted by Gasteiger charge is 2.28. The number of rotatable bonds is 7. The van der Waals surface area contributed by atoms with Gasteiger partial charge in [0.2, 0.25) is 5.91 Å². The monoisotopic (exact) mass is 326 g/mol. The molecule has 1 aromatic carbocycles. The van der Waals surface area contributed by atoms with Crippen LogP contribution in [0.4, 0.5) is 0 Å². The largest absolute Gasteiger partial charge is 0.496 e. The van der Waals surface area contributed by atoms with Gasteiger partial charge in [0.15, 0.2) is 0 Å². The molecule has 1 atom stereocenters. The van der Waals surface area contributed by atoms with Gasteiger partial charge in [0.25, 0.3) is 0 Å². The molecule has 22 heavy (non-hydrogen) atoms. The molecule has 0 saturated heterocycles. The second kappa shape index (κ2) is 7.15. The number of aryl methyl sites for hydroxylation is 1. The molecule has 0 aliphatic carbocycles. The van der Waals surface area contributed by atoms with Gasteiger partial charge in [-0.1, -0.05) is 12.1 Å². The van der Waals surface area contributed by atoms with Crippen molar-refractivity contribution in [1.29, 1.82) is 0 Å². The Morgan fingerprint density at radius 1 is 1.41 bits per heavy atom. The van der Waals surface area contributed by atoms with Gasteiger partial charge in [-0.15, -0.1) is 0 Å². The molecule has 0 aliphatic rings. The Bertz CT molecular complexity index is 637. The number of hydrogen-bond donors (Lipinski definition) is 2. The van der Waals surface area contributed by atoms with E-state index in [1.165, 1.54) is 6.26 Å². The quantitative estimate of drug-likeness (QED) is 0.742. The van der Waals surface area contributed by atoms with Crippen molar-refractivity contribution in [2.45, 2.75) is 32.7 Å². The highest BCUT2D eigenvalue weighted by atomic mass is 32.2. The van der Waals surface area contributed by atoms with Crippen molar-refractivity contribution in [3.05, 3.63) is 29.3 Å². The van der Waals surface area contributed by atoms with E-state index in [0.29, 0.717) is 13.0 Å². The fraction of sp³-hybridized carbons (Fsp3) is 0.500. The first-order valence-electron chi connectivity index (χ1n) is 7.08. The number of hydrogen-bond acceptors (Lipinski definition) is 3. The molecule has 124 valence electrons. The predicted octanol–water partition coefficient (Wildman–Crippen LogP) is 1.29. The lowest BCUT2D eigenvalue weighted by Crippen LogP contribution is -2.54. The fourth-order valence-corrected chi connectivity index (χ4v) is 3.32. The minimum Gasteiger partial charge on any atom is -0.496 e. The van der Waals surface area contributed by atoms with E-state index in [1.54, 1.807) is 21.0 Å². The van der Waals surface area contributed by atoms with Gasteiger partial charge >= 0.3 is 0 Å². The summed E-state index contributed by atoms with van der Waals surface area (Å²) >= 11 is 0. The lowest BCUT2D eigenvalue weighted by Gasteiger charge is -2.25. The molecule has 0 aromatic heterocycles. The van der Waals surface area contributed by atoms with E-state index in [4.69, 9.17) is 4.74 Å². The van der Waals surface area contributed by atoms with Crippen LogP contribution in [0.2, 0.25) is 0 Å². The highest BCUT2D eigenvalue weighted by molar-refractivity contribution is 7.97. The third kappa shape index (κ3) is 5.69. The lowest BCUT2D eigenvalue weighted by molar-refractivity contribution is -0.125. The standard InChI is InChI=1S/C16H26N2O3S/c1-12-7-8-13(11-14(12)21-4)9-10-17-15(19)16(2,3)18-22(5,6)20/h7-8,11H,5,9-10H2,1-4,6H3,(H,17,19)(H,18,20). The molecular weight excluding hydrogens is 300 g/mol. The normalized spacial score (nSPS) is 14.2. The number of nitrogens with one attached hydrogen (secondary N) is 2. The summed E-state index contributed by atoms with van der Waals surface area (Å²) in [6.07, 6.45) is 2.17. The molecule has 1 amide bonds. The van der Waals surface area contributed by atoms with Gasteiger partial charge in [-0.25, -0.2) is 4.72 Å². The van der Waals surface area contributed by atoms with Gasteiger partial charge in [-0.05, 0) is 50.3 Å². The van der Waals surface area contributed by atoms with E-state index in [0.717, 1.165) is 16.9 Å². The molecule has 2 N–H and O–H groups in total. The van der Waals surface area contributed by atoms with E-state index in [-0.39, 0.29) is 5.91 Å². The van der Waals surface area contributed by atoms with E-state index in [2.05, 4.69) is 15.9 Å². The first-order valence-corrected chi connectivity index (χ1v) is 9.21. The molecule has 0 heterocycles. The Morgan fingerprint density at radius 2 is 2.05 bits per heavy atom. The SMILES string of the molecule is C=S(C)(=O)NC(C)(C)C(=O)NCCc1ccc(C)c(OC)c1. The topological polar surface area (TPSA) is 67.4 Å². The maximum absolute atomic E-state index is 12.2. The summed E-state index contributed by atoms with van der Waals surface area (Å²) in [5, 5.41) is 2.85. The van der Waals surface area contributed by atoms with Crippen LogP contribution in [0.25, 0.3) is 0 Å². The summed E-state index contributed by atoms with van der Waals surface area (Å²) < 4.78 is 19.7. The van der Waals surface area contributed by atoms with Crippen LogP contribution in [0.15, 0.2) is 18.2 Å². The summed E-state index contributed by atoms with van der Waals surface area (Å²) in [6.45, 7) is 5.86. The van der Waals surface area contributed by atoms with Gasteiger partial charge in [-0.2, -0.15) is 0 Å². The third-order valence-corrected chi connectivity index (χ3v) is 4.15. The molecule has 0 fully saturated rings. The first kappa shape index (κ1) is 18.5. The van der Waals surface area contributed by atoms with Gasteiger partial charge in [0.05, 0.1) is 7.11 Å². The Kier molecular flexibility index (Phi) is 6.02. The summed E-state index contributed by atoms with van der Waals surface area (Å²) in [7, 11) is -0.803. The van der Waals surface area contributed by atoms with E-state index in [9.17, 15) is 9.00 Å². The van der Waals surface area contributed by atoms with Crippen LogP contribution < -0.4 is 14.8 Å². The van der Waals surface area contributed by atoms with Crippen LogP contribution in [0.5, 0.6) is 5.75 Å². The molecule has 0 spiro atoms. The molecule has 0 bridgehead atoms. The minimum absolute atomic E-state index is 0.204. The number of carbonyl (C=O) groups is 1. The van der Waals surface area contributed by atoms with Gasteiger partial charge in [0.1, 0.15) is 11.3 Å². The highest BCUT2D eigenvalue weighted by Crippen LogP contribution is 2.19. The van der Waals surface area contributed by atoms with Crippen LogP contribution in [-0.2, 0) is 20.9 Å². The van der Waals surface area contributed by atoms with Crippen molar-refractivity contribution < 1.29 is 13.7 Å². The van der Waals surface area contributed by atoms with Crippen LogP contribution >= 0.6 is 0 Å². The number of ether oxygens (including phenoxy) is 1. The van der Waals surface area contributed by atoms with Gasteiger partial charge in [-0.3, -0.25) is 9.00 Å². The third-order valence-electron chi connectivity index (χ3n) is 3.21. The average molecular weight is 326 g/mol. The zero-order valence-corrected chi connectivity index (χ0v) is 14.8. The molecule has 0 aliphatic heterocycles. The summed E-state index contributed by atoms with van der Waals surface area (Å²) in [4.78, 5) is 12.2. The molecule has 1 aromatic rings. The fourth-order valence-electron chi connectivity index (χ4n) is 2.15. The van der Waals surface area contributed by atoms with Crippen LogP contribution in [0, 0.1) is 6.92 Å². The zero-order chi connectivity index (χ0) is 17.0. The second-order valence-corrected chi connectivity index (χ2v) is 8.26. The Morgan fingerprint density at radius 3 is 2.59 bits per heavy atom. The number of benzene rings is 1. The van der Waals surface area contributed by atoms with Crippen molar-refractivity contribution in [3.63, 3.8) is 0 Å². The summed E-state index contributed by atoms with van der Waals surface area (Å²) in [6, 6.07) is 5.98. The smallest absolute Gasteiger partial charge is 0.240 e. The van der Waals surface area contributed by atoms with E-state index >= 15 is 0 Å². The Hall–Kier alpha value is -1.53. The van der Waals surface area contributed by atoms with Crippen LogP contribution in [0.3, 0.4) is 0 Å². The predicted molar refractivity (Wildman–Crippen MR) is 92.8 cm³/mol. The second-order valence-electron chi connectivity index (χ2n) is 6.04. The summed E-state index contributed by atoms with van der Waals surface area (Å²) in [5.74, 6) is 4.15. The summed E-state index contributed by atoms with van der Waals surface area (Å²) in [5.41, 5.74) is 1.23. The van der Waals surface area contributed by atoms with Crippen molar-refractivity contribution in [1.82, 2.24) is 10.0 Å². The Balaban J connectivity index is 2.58. The zero-order valence-electron chi connectivity index (χ0n) is 14.0. The molecule has 1 unspecified atom stereocenters. The molecule has 0 saturated carbocycles. The number of amides is 1. The maximum Gasteiger partial charge on any atom is 0.240 e. The molecule has 6 heteroatoms. The Labute approximate surface area is 133 Å². The first-order chi connectivity index (χ1) is 10.0. The molecule has 5 nitrogen and oxygen atoms in total. The average Bonchev–Trinajstić information content (AvgIpc) is 2.37. The number of carbonyl (C=O) groups excluding carboxylic acids is 1. The molecular formula is C16H26N2O3S. The van der Waals surface area contributed by atoms with E-state index < -0.39 is 15.2 Å². The van der Waals surface area contributed by atoms with Crippen molar-refractivity contribution >= 4 is 21.5 Å². The lowest BCUT2D eigenvalue weighted by atomic mass is 10.1. The number of methoxy groups -OCH3 is 1. The van der Waals surface area contributed by atoms with E-state index in [1.807, 2.05) is 25.1 Å². The van der Waals surface area contributed by atoms with Gasteiger partial charge in [0, 0.05) is 22.5 Å². The molecule has 1 rings (SSSR count). The van der Waals surface area contributed by atoms with Gasteiger partial charge < -0.3 is 10.1 Å². The van der Waals surface area contributed by atoms with Crippen LogP contribution in [-0.4, -0.2) is 41.4 Å². The maximum atomic E-state index is 12.2.